The highest BCUT2D eigenvalue weighted by atomic mass is 16.2. The molecule has 0 radical (unpaired) electrons. The highest BCUT2D eigenvalue weighted by Crippen LogP contribution is 2.50. The number of nitrogens with zero attached hydrogens (tertiary/aromatic N) is 3. The number of likely N-dealkylation sites (tertiary alicyclic amines) is 1. The van der Waals surface area contributed by atoms with Gasteiger partial charge in [-0.05, 0) is 44.4 Å². The van der Waals surface area contributed by atoms with Crippen LogP contribution in [0.2, 0.25) is 0 Å². The molecule has 1 N–H and O–H groups in total. The molecule has 1 spiro atoms. The minimum absolute atomic E-state index is 0.0580. The van der Waals surface area contributed by atoms with Crippen LogP contribution >= 0.6 is 0 Å². The largest absolute Gasteiger partial charge is 0.338 e. The second-order valence-electron chi connectivity index (χ2n) is 8.86. The lowest BCUT2D eigenvalue weighted by Gasteiger charge is -2.28. The molecule has 0 aromatic heterocycles. The number of amides is 3. The fourth-order valence-corrected chi connectivity index (χ4v) is 5.89. The van der Waals surface area contributed by atoms with Crippen LogP contribution in [0, 0.1) is 17.8 Å². The summed E-state index contributed by atoms with van der Waals surface area (Å²) in [5.74, 6) is 2.35. The summed E-state index contributed by atoms with van der Waals surface area (Å²) >= 11 is 0. The standard InChI is InChI=1S/C21H34N4O2/c1-3-18-23-21(19(26)25(18)4-2)11-10-16-13-24(14-17(16)21)20(27)22-12-15-8-6-5-7-9-15/h15-17H,3-14H2,1-2H3,(H,22,27)/t16-,17-,21-/m1/s1. The zero-order valence-electron chi connectivity index (χ0n) is 16.9. The van der Waals surface area contributed by atoms with E-state index in [9.17, 15) is 9.59 Å². The third-order valence-electron chi connectivity index (χ3n) is 7.39. The number of likely N-dealkylation sites (N-methyl/N-ethyl adjacent to an activating group) is 1. The number of carbonyl (C=O) groups excluding carboxylic acids is 2. The molecule has 3 amide bonds. The van der Waals surface area contributed by atoms with Crippen LogP contribution in [0.5, 0.6) is 0 Å². The summed E-state index contributed by atoms with van der Waals surface area (Å²) in [6.07, 6.45) is 9.05. The number of aliphatic imine (C=N–C) groups is 1. The van der Waals surface area contributed by atoms with Crippen LogP contribution in [-0.4, -0.2) is 59.3 Å². The predicted molar refractivity (Wildman–Crippen MR) is 106 cm³/mol. The van der Waals surface area contributed by atoms with Gasteiger partial charge in [-0.3, -0.25) is 14.7 Å². The van der Waals surface area contributed by atoms with Crippen LogP contribution < -0.4 is 5.32 Å². The van der Waals surface area contributed by atoms with Crippen molar-refractivity contribution in [2.24, 2.45) is 22.7 Å². The first-order chi connectivity index (χ1) is 13.1. The topological polar surface area (TPSA) is 65.0 Å². The maximum atomic E-state index is 13.2. The van der Waals surface area contributed by atoms with Gasteiger partial charge >= 0.3 is 6.03 Å². The average Bonchev–Trinajstić information content (AvgIpc) is 3.34. The molecule has 150 valence electrons. The summed E-state index contributed by atoms with van der Waals surface area (Å²) in [7, 11) is 0. The van der Waals surface area contributed by atoms with Crippen molar-refractivity contribution in [1.29, 1.82) is 0 Å². The van der Waals surface area contributed by atoms with Crippen molar-refractivity contribution in [2.75, 3.05) is 26.2 Å². The van der Waals surface area contributed by atoms with Crippen LogP contribution in [-0.2, 0) is 4.79 Å². The van der Waals surface area contributed by atoms with Crippen molar-refractivity contribution in [1.82, 2.24) is 15.1 Å². The van der Waals surface area contributed by atoms with Crippen molar-refractivity contribution in [3.05, 3.63) is 0 Å². The summed E-state index contributed by atoms with van der Waals surface area (Å²) < 4.78 is 0. The van der Waals surface area contributed by atoms with E-state index < -0.39 is 5.54 Å². The molecule has 0 bridgehead atoms. The third-order valence-corrected chi connectivity index (χ3v) is 7.39. The summed E-state index contributed by atoms with van der Waals surface area (Å²) in [5, 5.41) is 3.17. The van der Waals surface area contributed by atoms with Gasteiger partial charge in [-0.25, -0.2) is 4.79 Å². The zero-order valence-corrected chi connectivity index (χ0v) is 16.9. The normalized spacial score (nSPS) is 33.7. The van der Waals surface area contributed by atoms with Crippen molar-refractivity contribution >= 4 is 17.8 Å². The SMILES string of the molecule is CCC1=N[C@@]2(CC[C@@H]3CN(C(=O)NCC4CCCCC4)C[C@H]32)C(=O)N1CC. The smallest absolute Gasteiger partial charge is 0.317 e. The molecule has 6 heteroatoms. The minimum atomic E-state index is -0.593. The molecule has 0 unspecified atom stereocenters. The van der Waals surface area contributed by atoms with E-state index in [1.54, 1.807) is 0 Å². The summed E-state index contributed by atoms with van der Waals surface area (Å²) in [5.41, 5.74) is -0.593. The first-order valence-electron chi connectivity index (χ1n) is 11.0. The second-order valence-corrected chi connectivity index (χ2v) is 8.86. The number of carbonyl (C=O) groups is 2. The summed E-state index contributed by atoms with van der Waals surface area (Å²) in [6, 6.07) is 0.0580. The Labute approximate surface area is 162 Å². The first-order valence-corrected chi connectivity index (χ1v) is 11.0. The number of amidine groups is 1. The zero-order chi connectivity index (χ0) is 19.0. The van der Waals surface area contributed by atoms with Gasteiger partial charge < -0.3 is 10.2 Å². The molecule has 0 aromatic rings. The maximum absolute atomic E-state index is 13.2. The lowest BCUT2D eigenvalue weighted by Crippen LogP contribution is -2.47. The van der Waals surface area contributed by atoms with E-state index in [1.807, 2.05) is 16.7 Å². The highest BCUT2D eigenvalue weighted by molar-refractivity contribution is 6.08. The molecule has 2 heterocycles. The van der Waals surface area contributed by atoms with Crippen LogP contribution in [0.3, 0.4) is 0 Å². The molecule has 4 aliphatic rings. The Bertz CT molecular complexity index is 628. The van der Waals surface area contributed by atoms with Gasteiger partial charge in [-0.2, -0.15) is 0 Å². The van der Waals surface area contributed by atoms with Crippen LogP contribution in [0.4, 0.5) is 4.79 Å². The molecule has 6 nitrogen and oxygen atoms in total. The molecule has 1 saturated heterocycles. The Morgan fingerprint density at radius 1 is 1.19 bits per heavy atom. The van der Waals surface area contributed by atoms with Crippen LogP contribution in [0.15, 0.2) is 4.99 Å². The molecule has 27 heavy (non-hydrogen) atoms. The Hall–Kier alpha value is -1.59. The number of rotatable bonds is 4. The lowest BCUT2D eigenvalue weighted by atomic mass is 9.85. The predicted octanol–water partition coefficient (Wildman–Crippen LogP) is 3.03. The van der Waals surface area contributed by atoms with E-state index in [0.29, 0.717) is 24.9 Å². The maximum Gasteiger partial charge on any atom is 0.317 e. The van der Waals surface area contributed by atoms with Crippen molar-refractivity contribution in [3.63, 3.8) is 0 Å². The Balaban J connectivity index is 1.40. The van der Waals surface area contributed by atoms with Gasteiger partial charge in [-0.1, -0.05) is 26.2 Å². The van der Waals surface area contributed by atoms with Gasteiger partial charge in [-0.15, -0.1) is 0 Å². The van der Waals surface area contributed by atoms with Gasteiger partial charge in [0.25, 0.3) is 5.91 Å². The molecule has 3 atom stereocenters. The Morgan fingerprint density at radius 3 is 2.63 bits per heavy atom. The fraction of sp³-hybridized carbons (Fsp3) is 0.857. The first kappa shape index (κ1) is 18.8. The molecule has 4 rings (SSSR count). The number of hydrogen-bond donors (Lipinski definition) is 1. The average molecular weight is 375 g/mol. The van der Waals surface area contributed by atoms with E-state index >= 15 is 0 Å². The molecule has 0 aromatic carbocycles. The minimum Gasteiger partial charge on any atom is -0.338 e. The van der Waals surface area contributed by atoms with E-state index in [2.05, 4.69) is 12.2 Å². The highest BCUT2D eigenvalue weighted by Gasteiger charge is 2.61. The Morgan fingerprint density at radius 2 is 1.96 bits per heavy atom. The molecular formula is C21H34N4O2. The quantitative estimate of drug-likeness (QED) is 0.822. The summed E-state index contributed by atoms with van der Waals surface area (Å²) in [4.78, 5) is 34.7. The number of hydrogen-bond acceptors (Lipinski definition) is 3. The van der Waals surface area contributed by atoms with Gasteiger partial charge in [0.05, 0.1) is 0 Å². The number of fused-ring (bicyclic) bond motifs is 2. The van der Waals surface area contributed by atoms with Crippen molar-refractivity contribution in [2.45, 2.75) is 70.8 Å². The lowest BCUT2D eigenvalue weighted by molar-refractivity contribution is -0.132. The number of nitrogens with one attached hydrogen (secondary N) is 1. The van der Waals surface area contributed by atoms with Gasteiger partial charge in [0, 0.05) is 38.5 Å². The van der Waals surface area contributed by atoms with Gasteiger partial charge in [0.2, 0.25) is 0 Å². The van der Waals surface area contributed by atoms with E-state index in [0.717, 1.165) is 38.2 Å². The van der Waals surface area contributed by atoms with E-state index in [1.165, 1.54) is 32.1 Å². The third kappa shape index (κ3) is 3.15. The van der Waals surface area contributed by atoms with Crippen molar-refractivity contribution in [3.8, 4) is 0 Å². The Kier molecular flexibility index (Phi) is 5.17. The summed E-state index contributed by atoms with van der Waals surface area (Å²) in [6.45, 7) is 7.03. The van der Waals surface area contributed by atoms with E-state index in [4.69, 9.17) is 4.99 Å². The van der Waals surface area contributed by atoms with Gasteiger partial charge in [0.15, 0.2) is 0 Å². The molecule has 3 fully saturated rings. The molecule has 2 aliphatic heterocycles. The molecule has 2 saturated carbocycles. The van der Waals surface area contributed by atoms with Crippen molar-refractivity contribution < 1.29 is 9.59 Å². The fourth-order valence-electron chi connectivity index (χ4n) is 5.89. The second kappa shape index (κ2) is 7.44. The number of urea groups is 1. The van der Waals surface area contributed by atoms with Crippen LogP contribution in [0.25, 0.3) is 0 Å². The van der Waals surface area contributed by atoms with Gasteiger partial charge in [0.1, 0.15) is 11.4 Å². The monoisotopic (exact) mass is 374 g/mol. The van der Waals surface area contributed by atoms with E-state index in [-0.39, 0.29) is 17.9 Å². The molecule has 2 aliphatic carbocycles. The van der Waals surface area contributed by atoms with Crippen LogP contribution in [0.1, 0.15) is 65.2 Å². The molecular weight excluding hydrogens is 340 g/mol.